The average molecular weight is 376 g/mol. The van der Waals surface area contributed by atoms with Crippen molar-refractivity contribution in [3.63, 3.8) is 0 Å². The van der Waals surface area contributed by atoms with E-state index >= 15 is 0 Å². The number of benzene rings is 1. The fourth-order valence-electron chi connectivity index (χ4n) is 3.07. The smallest absolute Gasteiger partial charge is 0.224 e. The summed E-state index contributed by atoms with van der Waals surface area (Å²) in [4.78, 5) is 16.8. The predicted molar refractivity (Wildman–Crippen MR) is 103 cm³/mol. The van der Waals surface area contributed by atoms with Gasteiger partial charge in [-0.1, -0.05) is 12.1 Å². The van der Waals surface area contributed by atoms with Crippen LogP contribution >= 0.6 is 11.3 Å². The Morgan fingerprint density at radius 3 is 2.92 bits per heavy atom. The molecule has 0 spiro atoms. The molecule has 0 bridgehead atoms. The Morgan fingerprint density at radius 1 is 1.38 bits per heavy atom. The maximum Gasteiger partial charge on any atom is 0.224 e. The standard InChI is InChI=1S/C20H25FN2O2S/c1-14(2)23(20(24)11-17-13-25-9-8-22-17)12-18-6-7-19(26-18)15-4-3-5-16(21)10-15/h3-7,10,14,17,22H,8-9,11-13H2,1-2H3. The maximum absolute atomic E-state index is 13.4. The van der Waals surface area contributed by atoms with Crippen molar-refractivity contribution in [3.05, 3.63) is 47.1 Å². The lowest BCUT2D eigenvalue weighted by Gasteiger charge is -2.30. The molecular weight excluding hydrogens is 351 g/mol. The number of hydrogen-bond donors (Lipinski definition) is 1. The van der Waals surface area contributed by atoms with E-state index < -0.39 is 0 Å². The van der Waals surface area contributed by atoms with Gasteiger partial charge in [-0.3, -0.25) is 4.79 Å². The Morgan fingerprint density at radius 2 is 2.23 bits per heavy atom. The second-order valence-electron chi connectivity index (χ2n) is 6.82. The second kappa shape index (κ2) is 8.75. The summed E-state index contributed by atoms with van der Waals surface area (Å²) in [7, 11) is 0. The van der Waals surface area contributed by atoms with Gasteiger partial charge in [-0.2, -0.15) is 0 Å². The highest BCUT2D eigenvalue weighted by atomic mass is 32.1. The van der Waals surface area contributed by atoms with Crippen LogP contribution in [0.4, 0.5) is 4.39 Å². The van der Waals surface area contributed by atoms with Crippen LogP contribution in [0.1, 0.15) is 25.1 Å². The van der Waals surface area contributed by atoms with Gasteiger partial charge in [0.2, 0.25) is 5.91 Å². The molecule has 26 heavy (non-hydrogen) atoms. The van der Waals surface area contributed by atoms with Gasteiger partial charge in [-0.15, -0.1) is 11.3 Å². The van der Waals surface area contributed by atoms with Crippen molar-refractivity contribution in [1.82, 2.24) is 10.2 Å². The highest BCUT2D eigenvalue weighted by Crippen LogP contribution is 2.29. The molecule has 2 aromatic rings. The third-order valence-electron chi connectivity index (χ3n) is 4.46. The molecule has 0 radical (unpaired) electrons. The van der Waals surface area contributed by atoms with Crippen LogP contribution in [-0.4, -0.2) is 42.6 Å². The number of carbonyl (C=O) groups excluding carboxylic acids is 1. The van der Waals surface area contributed by atoms with Gasteiger partial charge >= 0.3 is 0 Å². The fraction of sp³-hybridized carbons (Fsp3) is 0.450. The van der Waals surface area contributed by atoms with Crippen molar-refractivity contribution in [2.24, 2.45) is 0 Å². The van der Waals surface area contributed by atoms with Crippen molar-refractivity contribution < 1.29 is 13.9 Å². The molecule has 0 aliphatic carbocycles. The molecule has 1 amide bonds. The zero-order valence-electron chi connectivity index (χ0n) is 15.2. The molecule has 1 aromatic heterocycles. The van der Waals surface area contributed by atoms with Gasteiger partial charge in [0, 0.05) is 34.8 Å². The van der Waals surface area contributed by atoms with E-state index in [0.29, 0.717) is 26.2 Å². The van der Waals surface area contributed by atoms with Crippen LogP contribution in [0.2, 0.25) is 0 Å². The van der Waals surface area contributed by atoms with E-state index in [0.717, 1.165) is 21.9 Å². The molecule has 1 saturated heterocycles. The number of morpholine rings is 1. The predicted octanol–water partition coefficient (Wildman–Crippen LogP) is 3.67. The average Bonchev–Trinajstić information content (AvgIpc) is 3.09. The summed E-state index contributed by atoms with van der Waals surface area (Å²) in [5.41, 5.74) is 0.868. The Labute approximate surface area is 158 Å². The van der Waals surface area contributed by atoms with Crippen LogP contribution < -0.4 is 5.32 Å². The fourth-order valence-corrected chi connectivity index (χ4v) is 4.07. The Balaban J connectivity index is 1.67. The molecule has 4 nitrogen and oxygen atoms in total. The van der Waals surface area contributed by atoms with Gasteiger partial charge in [-0.25, -0.2) is 4.39 Å². The number of nitrogens with zero attached hydrogens (tertiary/aromatic N) is 1. The first kappa shape index (κ1) is 19.0. The number of amides is 1. The lowest BCUT2D eigenvalue weighted by Crippen LogP contribution is -2.46. The first-order valence-corrected chi connectivity index (χ1v) is 9.80. The number of carbonyl (C=O) groups is 1. The van der Waals surface area contributed by atoms with Gasteiger partial charge in [0.25, 0.3) is 0 Å². The number of hydrogen-bond acceptors (Lipinski definition) is 4. The minimum atomic E-state index is -0.237. The SMILES string of the molecule is CC(C)N(Cc1ccc(-c2cccc(F)c2)s1)C(=O)CC1COCCN1. The lowest BCUT2D eigenvalue weighted by molar-refractivity contribution is -0.134. The summed E-state index contributed by atoms with van der Waals surface area (Å²) in [6.45, 7) is 6.72. The van der Waals surface area contributed by atoms with Gasteiger partial charge in [0.1, 0.15) is 5.82 Å². The third kappa shape index (κ3) is 4.90. The molecular formula is C20H25FN2O2S. The van der Waals surface area contributed by atoms with Gasteiger partial charge < -0.3 is 15.0 Å². The Kier molecular flexibility index (Phi) is 6.40. The highest BCUT2D eigenvalue weighted by Gasteiger charge is 2.23. The highest BCUT2D eigenvalue weighted by molar-refractivity contribution is 7.15. The normalized spacial score (nSPS) is 17.5. The van der Waals surface area contributed by atoms with Crippen LogP contribution in [0, 0.1) is 5.82 Å². The second-order valence-corrected chi connectivity index (χ2v) is 7.99. The van der Waals surface area contributed by atoms with E-state index in [1.54, 1.807) is 17.4 Å². The quantitative estimate of drug-likeness (QED) is 0.836. The van der Waals surface area contributed by atoms with Crippen molar-refractivity contribution in [2.75, 3.05) is 19.8 Å². The van der Waals surface area contributed by atoms with Crippen LogP contribution in [0.25, 0.3) is 10.4 Å². The zero-order chi connectivity index (χ0) is 18.5. The Bertz CT molecular complexity index is 741. The third-order valence-corrected chi connectivity index (χ3v) is 5.58. The number of rotatable bonds is 6. The molecule has 140 valence electrons. The molecule has 1 unspecified atom stereocenters. The zero-order valence-corrected chi connectivity index (χ0v) is 16.0. The van der Waals surface area contributed by atoms with E-state index in [1.165, 1.54) is 12.1 Å². The first-order valence-electron chi connectivity index (χ1n) is 8.98. The maximum atomic E-state index is 13.4. The van der Waals surface area contributed by atoms with Crippen molar-refractivity contribution >= 4 is 17.2 Å². The summed E-state index contributed by atoms with van der Waals surface area (Å²) in [5.74, 6) is -0.109. The molecule has 1 fully saturated rings. The summed E-state index contributed by atoms with van der Waals surface area (Å²) in [6.07, 6.45) is 0.445. The molecule has 1 atom stereocenters. The lowest BCUT2D eigenvalue weighted by atomic mass is 10.1. The van der Waals surface area contributed by atoms with E-state index in [1.807, 2.05) is 36.9 Å². The molecule has 2 heterocycles. The van der Waals surface area contributed by atoms with Crippen LogP contribution in [-0.2, 0) is 16.1 Å². The van der Waals surface area contributed by atoms with Crippen molar-refractivity contribution in [1.29, 1.82) is 0 Å². The summed E-state index contributed by atoms with van der Waals surface area (Å²) < 4.78 is 18.9. The number of nitrogens with one attached hydrogen (secondary N) is 1. The van der Waals surface area contributed by atoms with Crippen LogP contribution in [0.3, 0.4) is 0 Å². The van der Waals surface area contributed by atoms with E-state index in [4.69, 9.17) is 4.74 Å². The van der Waals surface area contributed by atoms with E-state index in [-0.39, 0.29) is 23.8 Å². The van der Waals surface area contributed by atoms with E-state index in [9.17, 15) is 9.18 Å². The van der Waals surface area contributed by atoms with Crippen LogP contribution in [0.15, 0.2) is 36.4 Å². The summed E-state index contributed by atoms with van der Waals surface area (Å²) >= 11 is 1.60. The molecule has 1 N–H and O–H groups in total. The number of thiophene rings is 1. The van der Waals surface area contributed by atoms with E-state index in [2.05, 4.69) is 5.32 Å². The topological polar surface area (TPSA) is 41.6 Å². The Hall–Kier alpha value is -1.76. The molecule has 1 aliphatic heterocycles. The summed E-state index contributed by atoms with van der Waals surface area (Å²) in [6, 6.07) is 10.8. The summed E-state index contributed by atoms with van der Waals surface area (Å²) in [5, 5.41) is 3.33. The monoisotopic (exact) mass is 376 g/mol. The largest absolute Gasteiger partial charge is 0.378 e. The van der Waals surface area contributed by atoms with Gasteiger partial charge in [-0.05, 0) is 43.7 Å². The molecule has 0 saturated carbocycles. The minimum absolute atomic E-state index is 0.0868. The molecule has 3 rings (SSSR count). The minimum Gasteiger partial charge on any atom is -0.378 e. The van der Waals surface area contributed by atoms with Crippen molar-refractivity contribution in [3.8, 4) is 10.4 Å². The molecule has 6 heteroatoms. The van der Waals surface area contributed by atoms with Crippen LogP contribution in [0.5, 0.6) is 0 Å². The molecule has 1 aliphatic rings. The number of ether oxygens (including phenoxy) is 1. The first-order chi connectivity index (χ1) is 12.5. The van der Waals surface area contributed by atoms with Gasteiger partial charge in [0.15, 0.2) is 0 Å². The molecule has 1 aromatic carbocycles. The van der Waals surface area contributed by atoms with Crippen molar-refractivity contribution in [2.45, 2.75) is 38.9 Å². The number of halogens is 1. The van der Waals surface area contributed by atoms with Gasteiger partial charge in [0.05, 0.1) is 19.8 Å².